The van der Waals surface area contributed by atoms with Crippen LogP contribution in [-0.2, 0) is 14.3 Å². The molecule has 1 atom stereocenters. The lowest BCUT2D eigenvalue weighted by Gasteiger charge is -2.22. The molecule has 0 aromatic carbocycles. The average Bonchev–Trinajstić information content (AvgIpc) is 2.73. The second-order valence-corrected chi connectivity index (χ2v) is 3.43. The molecule has 0 saturated carbocycles. The third kappa shape index (κ3) is 2.69. The number of likely N-dealkylation sites (tertiary alicyclic amines) is 1. The van der Waals surface area contributed by atoms with Crippen LogP contribution >= 0.6 is 0 Å². The second kappa shape index (κ2) is 5.35. The molecule has 0 aliphatic carbocycles. The number of ether oxygens (including phenoxy) is 1. The molecule has 82 valence electrons. The smallest absolute Gasteiger partial charge is 0.328 e. The molecule has 5 heteroatoms. The number of nitriles is 1. The topological polar surface area (TPSA) is 70.4 Å². The zero-order valence-corrected chi connectivity index (χ0v) is 8.73. The van der Waals surface area contributed by atoms with E-state index in [0.29, 0.717) is 13.0 Å². The summed E-state index contributed by atoms with van der Waals surface area (Å²) < 4.78 is 4.62. The third-order valence-electron chi connectivity index (χ3n) is 2.50. The van der Waals surface area contributed by atoms with Gasteiger partial charge in [0.1, 0.15) is 6.04 Å². The molecule has 1 rings (SSSR count). The summed E-state index contributed by atoms with van der Waals surface area (Å²) >= 11 is 0. The Hall–Kier alpha value is -1.57. The van der Waals surface area contributed by atoms with Crippen molar-refractivity contribution in [3.8, 4) is 6.07 Å². The second-order valence-electron chi connectivity index (χ2n) is 3.43. The molecule has 0 aromatic heterocycles. The van der Waals surface area contributed by atoms with Crippen LogP contribution in [0.5, 0.6) is 0 Å². The van der Waals surface area contributed by atoms with Crippen LogP contribution in [0.1, 0.15) is 25.7 Å². The number of hydrogen-bond donors (Lipinski definition) is 0. The normalized spacial score (nSPS) is 19.7. The van der Waals surface area contributed by atoms with Crippen LogP contribution in [0.2, 0.25) is 0 Å². The third-order valence-corrected chi connectivity index (χ3v) is 2.50. The summed E-state index contributed by atoms with van der Waals surface area (Å²) in [7, 11) is 1.32. The number of carbonyl (C=O) groups excluding carboxylic acids is 2. The molecule has 1 fully saturated rings. The van der Waals surface area contributed by atoms with E-state index >= 15 is 0 Å². The summed E-state index contributed by atoms with van der Waals surface area (Å²) in [5.74, 6) is -0.498. The van der Waals surface area contributed by atoms with E-state index in [-0.39, 0.29) is 24.7 Å². The van der Waals surface area contributed by atoms with E-state index in [0.717, 1.165) is 6.42 Å². The highest BCUT2D eigenvalue weighted by Gasteiger charge is 2.34. The lowest BCUT2D eigenvalue weighted by atomic mass is 10.2. The summed E-state index contributed by atoms with van der Waals surface area (Å²) in [5.41, 5.74) is 0. The highest BCUT2D eigenvalue weighted by Crippen LogP contribution is 2.19. The van der Waals surface area contributed by atoms with Crippen LogP contribution in [0.25, 0.3) is 0 Å². The maximum atomic E-state index is 11.6. The summed E-state index contributed by atoms with van der Waals surface area (Å²) in [6.07, 6.45) is 1.86. The molecular formula is C10H14N2O3. The van der Waals surface area contributed by atoms with E-state index in [1.807, 2.05) is 6.07 Å². The van der Waals surface area contributed by atoms with Crippen molar-refractivity contribution >= 4 is 11.9 Å². The van der Waals surface area contributed by atoms with E-state index in [1.54, 1.807) is 0 Å². The van der Waals surface area contributed by atoms with Gasteiger partial charge in [-0.05, 0) is 12.8 Å². The van der Waals surface area contributed by atoms with Gasteiger partial charge in [0.25, 0.3) is 0 Å². The Kier molecular flexibility index (Phi) is 4.10. The molecule has 0 unspecified atom stereocenters. The molecular weight excluding hydrogens is 196 g/mol. The fourth-order valence-electron chi connectivity index (χ4n) is 1.75. The Bertz CT molecular complexity index is 296. The van der Waals surface area contributed by atoms with Crippen molar-refractivity contribution in [2.24, 2.45) is 0 Å². The van der Waals surface area contributed by atoms with Crippen molar-refractivity contribution in [3.05, 3.63) is 0 Å². The van der Waals surface area contributed by atoms with Gasteiger partial charge in [-0.1, -0.05) is 0 Å². The van der Waals surface area contributed by atoms with Crippen LogP contribution in [0.4, 0.5) is 0 Å². The van der Waals surface area contributed by atoms with Crippen LogP contribution in [0.3, 0.4) is 0 Å². The Morgan fingerprint density at radius 2 is 2.33 bits per heavy atom. The van der Waals surface area contributed by atoms with Gasteiger partial charge in [0.15, 0.2) is 0 Å². The minimum atomic E-state index is -0.443. The minimum Gasteiger partial charge on any atom is -0.467 e. The highest BCUT2D eigenvalue weighted by molar-refractivity contribution is 5.85. The van der Waals surface area contributed by atoms with Crippen molar-refractivity contribution in [3.63, 3.8) is 0 Å². The van der Waals surface area contributed by atoms with E-state index < -0.39 is 6.04 Å². The minimum absolute atomic E-state index is 0.135. The predicted molar refractivity (Wildman–Crippen MR) is 51.6 cm³/mol. The first-order valence-electron chi connectivity index (χ1n) is 4.95. The number of hydrogen-bond acceptors (Lipinski definition) is 4. The van der Waals surface area contributed by atoms with Gasteiger partial charge < -0.3 is 9.64 Å². The van der Waals surface area contributed by atoms with Gasteiger partial charge in [-0.3, -0.25) is 4.79 Å². The van der Waals surface area contributed by atoms with Gasteiger partial charge in [-0.25, -0.2) is 4.79 Å². The maximum Gasteiger partial charge on any atom is 0.328 e. The Morgan fingerprint density at radius 1 is 1.60 bits per heavy atom. The van der Waals surface area contributed by atoms with Gasteiger partial charge in [0.05, 0.1) is 13.2 Å². The number of esters is 1. The summed E-state index contributed by atoms with van der Waals surface area (Å²) in [4.78, 5) is 24.4. The number of amides is 1. The number of methoxy groups -OCH3 is 1. The molecule has 15 heavy (non-hydrogen) atoms. The predicted octanol–water partition coefficient (Wildman–Crippen LogP) is 0.454. The van der Waals surface area contributed by atoms with E-state index in [4.69, 9.17) is 5.26 Å². The molecule has 0 spiro atoms. The number of nitrogens with zero attached hydrogens (tertiary/aromatic N) is 2. The molecule has 5 nitrogen and oxygen atoms in total. The van der Waals surface area contributed by atoms with Gasteiger partial charge in [0.2, 0.25) is 5.91 Å². The van der Waals surface area contributed by atoms with Crippen molar-refractivity contribution in [1.29, 1.82) is 5.26 Å². The van der Waals surface area contributed by atoms with Crippen molar-refractivity contribution in [2.75, 3.05) is 13.7 Å². The van der Waals surface area contributed by atoms with Crippen molar-refractivity contribution in [1.82, 2.24) is 4.90 Å². The lowest BCUT2D eigenvalue weighted by Crippen LogP contribution is -2.40. The molecule has 0 N–H and O–H groups in total. The first-order valence-corrected chi connectivity index (χ1v) is 4.95. The van der Waals surface area contributed by atoms with Crippen LogP contribution < -0.4 is 0 Å². The quantitative estimate of drug-likeness (QED) is 0.634. The van der Waals surface area contributed by atoms with Gasteiger partial charge >= 0.3 is 5.97 Å². The molecule has 0 bridgehead atoms. The number of carbonyl (C=O) groups is 2. The SMILES string of the molecule is COC(=O)[C@@H]1CCCN1C(=O)CCC#N. The standard InChI is InChI=1S/C10H14N2O3/c1-15-10(14)8-4-3-7-12(8)9(13)5-2-6-11/h8H,2-5,7H2,1H3/t8-/m0/s1. The molecule has 1 aliphatic rings. The monoisotopic (exact) mass is 210 g/mol. The summed E-state index contributed by atoms with van der Waals surface area (Å²) in [5, 5.41) is 8.37. The van der Waals surface area contributed by atoms with E-state index in [1.165, 1.54) is 12.0 Å². The van der Waals surface area contributed by atoms with Crippen molar-refractivity contribution < 1.29 is 14.3 Å². The molecule has 1 saturated heterocycles. The fourth-order valence-corrected chi connectivity index (χ4v) is 1.75. The Labute approximate surface area is 88.6 Å². The Balaban J connectivity index is 2.56. The molecule has 1 heterocycles. The van der Waals surface area contributed by atoms with E-state index in [9.17, 15) is 9.59 Å². The van der Waals surface area contributed by atoms with Crippen LogP contribution in [0, 0.1) is 11.3 Å². The molecule has 0 aromatic rings. The molecule has 1 amide bonds. The largest absolute Gasteiger partial charge is 0.467 e. The summed E-state index contributed by atoms with van der Waals surface area (Å²) in [6, 6.07) is 1.47. The van der Waals surface area contributed by atoms with Gasteiger partial charge in [-0.15, -0.1) is 0 Å². The average molecular weight is 210 g/mol. The Morgan fingerprint density at radius 3 is 2.93 bits per heavy atom. The fraction of sp³-hybridized carbons (Fsp3) is 0.700. The van der Waals surface area contributed by atoms with Gasteiger partial charge in [0, 0.05) is 19.4 Å². The number of rotatable bonds is 3. The van der Waals surface area contributed by atoms with Crippen LogP contribution in [-0.4, -0.2) is 36.5 Å². The van der Waals surface area contributed by atoms with Crippen LogP contribution in [0.15, 0.2) is 0 Å². The van der Waals surface area contributed by atoms with Crippen molar-refractivity contribution in [2.45, 2.75) is 31.7 Å². The maximum absolute atomic E-state index is 11.6. The molecule has 0 radical (unpaired) electrons. The first-order chi connectivity index (χ1) is 7.20. The zero-order chi connectivity index (χ0) is 11.3. The van der Waals surface area contributed by atoms with Gasteiger partial charge in [-0.2, -0.15) is 5.26 Å². The lowest BCUT2D eigenvalue weighted by molar-refractivity contribution is -0.150. The molecule has 1 aliphatic heterocycles. The highest BCUT2D eigenvalue weighted by atomic mass is 16.5. The first kappa shape index (κ1) is 11.5. The summed E-state index contributed by atoms with van der Waals surface area (Å²) in [6.45, 7) is 0.587. The zero-order valence-electron chi connectivity index (χ0n) is 8.73. The van der Waals surface area contributed by atoms with E-state index in [2.05, 4.69) is 4.74 Å².